The number of carbonyl (C=O) groups is 4. The number of carbonyl (C=O) groups excluding carboxylic acids is 4. The standard InChI is InChI=1S/C38H45N3O6.H2S/c1-37(2,3)47-33(42)25-40(4)36(45)38(26-13-7-6-8-14-26)22-19-29(28-15-9-11-17-31(28)38)35(44)41-23-20-27(21-24-41)39-34(43)30-16-10-12-18-32(30)46-5;/h6-18,27,29H,19-25H2,1-5H3,(H,39,43);1H2/t29-,38+;/m0./s1. The zero-order chi connectivity index (χ0) is 33.8. The summed E-state index contributed by atoms with van der Waals surface area (Å²) >= 11 is 0. The van der Waals surface area contributed by atoms with Gasteiger partial charge in [0, 0.05) is 26.2 Å². The summed E-state index contributed by atoms with van der Waals surface area (Å²) in [6, 6.07) is 24.4. The van der Waals surface area contributed by atoms with Crippen molar-refractivity contribution in [1.29, 1.82) is 0 Å². The molecule has 3 aromatic rings. The SMILES string of the molecule is COc1ccccc1C(=O)NC1CCN(C(=O)[C@H]2CC[C@@](C(=O)N(C)CC(=O)OC(C)(C)C)(c3ccccc3)c3ccccc32)CC1.S. The van der Waals surface area contributed by atoms with E-state index in [2.05, 4.69) is 5.32 Å². The van der Waals surface area contributed by atoms with Crippen LogP contribution in [0, 0.1) is 0 Å². The van der Waals surface area contributed by atoms with Crippen LogP contribution in [-0.4, -0.2) is 78.9 Å². The molecule has 1 fully saturated rings. The van der Waals surface area contributed by atoms with Gasteiger partial charge in [-0.3, -0.25) is 19.2 Å². The Kier molecular flexibility index (Phi) is 11.6. The van der Waals surface area contributed by atoms with E-state index in [0.717, 1.165) is 16.7 Å². The summed E-state index contributed by atoms with van der Waals surface area (Å²) in [5.41, 5.74) is 1.19. The molecule has 5 rings (SSSR count). The average molecular weight is 674 g/mol. The molecule has 9 nitrogen and oxygen atoms in total. The van der Waals surface area contributed by atoms with Gasteiger partial charge in [-0.15, -0.1) is 0 Å². The Morgan fingerprint density at radius 3 is 2.19 bits per heavy atom. The summed E-state index contributed by atoms with van der Waals surface area (Å²) in [5, 5.41) is 3.11. The van der Waals surface area contributed by atoms with Crippen LogP contribution in [0.15, 0.2) is 78.9 Å². The van der Waals surface area contributed by atoms with Gasteiger partial charge in [0.15, 0.2) is 0 Å². The van der Waals surface area contributed by atoms with Gasteiger partial charge in [0.2, 0.25) is 11.8 Å². The number of likely N-dealkylation sites (tertiary alicyclic amines) is 1. The van der Waals surface area contributed by atoms with Crippen LogP contribution in [0.1, 0.15) is 79.4 Å². The third kappa shape index (κ3) is 7.70. The molecule has 0 spiro atoms. The molecule has 1 N–H and O–H groups in total. The smallest absolute Gasteiger partial charge is 0.326 e. The minimum absolute atomic E-state index is 0. The van der Waals surface area contributed by atoms with Crippen LogP contribution in [0.25, 0.3) is 0 Å². The van der Waals surface area contributed by atoms with Crippen molar-refractivity contribution in [2.75, 3.05) is 33.8 Å². The second kappa shape index (κ2) is 15.3. The van der Waals surface area contributed by atoms with Gasteiger partial charge in [0.05, 0.1) is 24.0 Å². The Bertz CT molecular complexity index is 1620. The van der Waals surface area contributed by atoms with Crippen LogP contribution in [-0.2, 0) is 24.5 Å². The zero-order valence-corrected chi connectivity index (χ0v) is 29.5. The number of hydrogen-bond donors (Lipinski definition) is 1. The van der Waals surface area contributed by atoms with Crippen molar-refractivity contribution in [3.63, 3.8) is 0 Å². The van der Waals surface area contributed by atoms with E-state index in [0.29, 0.717) is 50.1 Å². The van der Waals surface area contributed by atoms with Gasteiger partial charge in [0.1, 0.15) is 17.9 Å². The summed E-state index contributed by atoms with van der Waals surface area (Å²) in [4.78, 5) is 57.7. The first-order valence-corrected chi connectivity index (χ1v) is 16.3. The van der Waals surface area contributed by atoms with E-state index in [4.69, 9.17) is 9.47 Å². The maximum absolute atomic E-state index is 14.5. The van der Waals surface area contributed by atoms with E-state index in [9.17, 15) is 19.2 Å². The monoisotopic (exact) mass is 673 g/mol. The lowest BCUT2D eigenvalue weighted by Crippen LogP contribution is -2.52. The highest BCUT2D eigenvalue weighted by atomic mass is 32.1. The van der Waals surface area contributed by atoms with Crippen molar-refractivity contribution < 1.29 is 28.7 Å². The molecule has 0 aromatic heterocycles. The number of nitrogens with zero attached hydrogens (tertiary/aromatic N) is 2. The second-order valence-corrected chi connectivity index (χ2v) is 13.5. The zero-order valence-electron chi connectivity index (χ0n) is 28.5. The summed E-state index contributed by atoms with van der Waals surface area (Å²) in [7, 11) is 3.18. The first-order valence-electron chi connectivity index (χ1n) is 16.3. The van der Waals surface area contributed by atoms with E-state index in [1.165, 1.54) is 4.90 Å². The molecule has 3 amide bonds. The van der Waals surface area contributed by atoms with E-state index in [1.807, 2.05) is 65.6 Å². The molecule has 1 heterocycles. The highest BCUT2D eigenvalue weighted by Gasteiger charge is 2.50. The van der Waals surface area contributed by atoms with Crippen LogP contribution in [0.2, 0.25) is 0 Å². The molecule has 2 aliphatic rings. The number of likely N-dealkylation sites (N-methyl/N-ethyl adjacent to an activating group) is 1. The number of methoxy groups -OCH3 is 1. The minimum Gasteiger partial charge on any atom is -0.496 e. The van der Waals surface area contributed by atoms with Gasteiger partial charge in [-0.2, -0.15) is 13.5 Å². The number of fused-ring (bicyclic) bond motifs is 1. The number of esters is 1. The fourth-order valence-corrected chi connectivity index (χ4v) is 6.99. The van der Waals surface area contributed by atoms with Gasteiger partial charge < -0.3 is 24.6 Å². The lowest BCUT2D eigenvalue weighted by atomic mass is 9.62. The minimum atomic E-state index is -1.07. The topological polar surface area (TPSA) is 105 Å². The Morgan fingerprint density at radius 2 is 1.52 bits per heavy atom. The highest BCUT2D eigenvalue weighted by molar-refractivity contribution is 7.59. The fourth-order valence-electron chi connectivity index (χ4n) is 6.99. The van der Waals surface area contributed by atoms with Crippen LogP contribution in [0.4, 0.5) is 0 Å². The molecular formula is C38H47N3O6S. The molecule has 0 bridgehead atoms. The number of piperidine rings is 1. The molecule has 1 aliphatic carbocycles. The number of ether oxygens (including phenoxy) is 2. The number of para-hydroxylation sites is 1. The number of amides is 3. The number of benzene rings is 3. The van der Waals surface area contributed by atoms with E-state index < -0.39 is 22.9 Å². The number of nitrogens with one attached hydrogen (secondary N) is 1. The molecule has 1 saturated heterocycles. The number of rotatable bonds is 8. The molecule has 1 aliphatic heterocycles. The Labute approximate surface area is 290 Å². The second-order valence-electron chi connectivity index (χ2n) is 13.5. The summed E-state index contributed by atoms with van der Waals surface area (Å²) < 4.78 is 10.9. The van der Waals surface area contributed by atoms with Crippen molar-refractivity contribution >= 4 is 37.2 Å². The maximum Gasteiger partial charge on any atom is 0.326 e. The van der Waals surface area contributed by atoms with Gasteiger partial charge in [-0.25, -0.2) is 0 Å². The molecule has 256 valence electrons. The van der Waals surface area contributed by atoms with Crippen molar-refractivity contribution in [3.05, 3.63) is 101 Å². The Morgan fingerprint density at radius 1 is 0.896 bits per heavy atom. The first-order chi connectivity index (χ1) is 22.4. The third-order valence-electron chi connectivity index (χ3n) is 9.16. The Balaban J connectivity index is 0.00000520. The van der Waals surface area contributed by atoms with Gasteiger partial charge in [-0.05, 0) is 75.3 Å². The number of hydrogen-bond acceptors (Lipinski definition) is 6. The van der Waals surface area contributed by atoms with Crippen LogP contribution in [0.5, 0.6) is 5.75 Å². The molecule has 48 heavy (non-hydrogen) atoms. The summed E-state index contributed by atoms with van der Waals surface area (Å²) in [6.07, 6.45) is 2.17. The normalized spacial score (nSPS) is 19.3. The maximum atomic E-state index is 14.5. The van der Waals surface area contributed by atoms with Crippen molar-refractivity contribution in [3.8, 4) is 5.75 Å². The van der Waals surface area contributed by atoms with Crippen molar-refractivity contribution in [2.24, 2.45) is 0 Å². The molecule has 0 saturated carbocycles. The van der Waals surface area contributed by atoms with Gasteiger partial charge in [0.25, 0.3) is 5.91 Å². The van der Waals surface area contributed by atoms with E-state index in [-0.39, 0.29) is 43.8 Å². The van der Waals surface area contributed by atoms with Crippen LogP contribution in [0.3, 0.4) is 0 Å². The lowest BCUT2D eigenvalue weighted by Gasteiger charge is -2.44. The van der Waals surface area contributed by atoms with Crippen molar-refractivity contribution in [1.82, 2.24) is 15.1 Å². The summed E-state index contributed by atoms with van der Waals surface area (Å²) in [5.74, 6) is -0.729. The average Bonchev–Trinajstić information content (AvgIpc) is 3.07. The van der Waals surface area contributed by atoms with Gasteiger partial charge >= 0.3 is 5.97 Å². The summed E-state index contributed by atoms with van der Waals surface area (Å²) in [6.45, 7) is 6.26. The fraction of sp³-hybridized carbons (Fsp3) is 0.421. The molecule has 0 unspecified atom stereocenters. The van der Waals surface area contributed by atoms with E-state index >= 15 is 0 Å². The largest absolute Gasteiger partial charge is 0.496 e. The predicted octanol–water partition coefficient (Wildman–Crippen LogP) is 5.19. The molecule has 2 atom stereocenters. The Hall–Kier alpha value is -4.31. The van der Waals surface area contributed by atoms with Crippen LogP contribution < -0.4 is 10.1 Å². The molecular weight excluding hydrogens is 627 g/mol. The molecule has 0 radical (unpaired) electrons. The third-order valence-corrected chi connectivity index (χ3v) is 9.16. The van der Waals surface area contributed by atoms with Crippen molar-refractivity contribution in [2.45, 2.75) is 69.4 Å². The predicted molar refractivity (Wildman–Crippen MR) is 190 cm³/mol. The first kappa shape index (κ1) is 36.5. The van der Waals surface area contributed by atoms with Gasteiger partial charge in [-0.1, -0.05) is 66.7 Å². The quantitative estimate of drug-likeness (QED) is 0.330. The van der Waals surface area contributed by atoms with E-state index in [1.54, 1.807) is 53.1 Å². The molecule has 10 heteroatoms. The highest BCUT2D eigenvalue weighted by Crippen LogP contribution is 2.48. The lowest BCUT2D eigenvalue weighted by molar-refractivity contribution is -0.159. The van der Waals surface area contributed by atoms with Crippen LogP contribution >= 0.6 is 13.5 Å². The molecule has 3 aromatic carbocycles.